The van der Waals surface area contributed by atoms with Crippen LogP contribution in [0.15, 0.2) is 18.2 Å². The van der Waals surface area contributed by atoms with E-state index >= 15 is 0 Å². The molecule has 0 amide bonds. The number of halogens is 1. The lowest BCUT2D eigenvalue weighted by atomic mass is 10.0. The van der Waals surface area contributed by atoms with E-state index in [9.17, 15) is 4.39 Å². The second kappa shape index (κ2) is 7.75. The Hall–Kier alpha value is -0.740. The predicted octanol–water partition coefficient (Wildman–Crippen LogP) is 3.29. The molecule has 0 aliphatic carbocycles. The number of nitrogens with two attached hydrogens (primary N) is 1. The van der Waals surface area contributed by atoms with Crippen molar-refractivity contribution in [3.8, 4) is 0 Å². The Morgan fingerprint density at radius 1 is 1.42 bits per heavy atom. The number of nitrogens with zero attached hydrogens (tertiary/aromatic N) is 1. The van der Waals surface area contributed by atoms with Gasteiger partial charge >= 0.3 is 0 Å². The van der Waals surface area contributed by atoms with Crippen molar-refractivity contribution in [2.24, 2.45) is 5.73 Å². The molecule has 0 fully saturated rings. The molecule has 0 heterocycles. The lowest BCUT2D eigenvalue weighted by molar-refractivity contribution is 0.596. The van der Waals surface area contributed by atoms with Crippen LogP contribution in [-0.4, -0.2) is 31.1 Å². The maximum Gasteiger partial charge on any atom is 0.146 e. The van der Waals surface area contributed by atoms with Crippen molar-refractivity contribution in [1.82, 2.24) is 0 Å². The number of rotatable bonds is 7. The molecule has 1 rings (SSSR count). The molecule has 2 atom stereocenters. The Bertz CT molecular complexity index is 396. The minimum absolute atomic E-state index is 0.0366. The highest BCUT2D eigenvalue weighted by molar-refractivity contribution is 7.98. The van der Waals surface area contributed by atoms with Crippen molar-refractivity contribution in [2.45, 2.75) is 38.8 Å². The van der Waals surface area contributed by atoms with Gasteiger partial charge in [0.15, 0.2) is 0 Å². The minimum Gasteiger partial charge on any atom is -0.368 e. The Kier molecular flexibility index (Phi) is 6.66. The highest BCUT2D eigenvalue weighted by Crippen LogP contribution is 2.27. The summed E-state index contributed by atoms with van der Waals surface area (Å²) < 4.78 is 14.2. The summed E-state index contributed by atoms with van der Waals surface area (Å²) in [6.45, 7) is 4.09. The van der Waals surface area contributed by atoms with E-state index in [1.807, 2.05) is 20.0 Å². The summed E-state index contributed by atoms with van der Waals surface area (Å²) in [4.78, 5) is 2.07. The van der Waals surface area contributed by atoms with Gasteiger partial charge in [-0.15, -0.1) is 0 Å². The van der Waals surface area contributed by atoms with Crippen molar-refractivity contribution >= 4 is 17.4 Å². The van der Waals surface area contributed by atoms with Gasteiger partial charge in [-0.1, -0.05) is 19.1 Å². The summed E-state index contributed by atoms with van der Waals surface area (Å²) in [5.74, 6) is 0.846. The maximum atomic E-state index is 14.2. The zero-order valence-electron chi connectivity index (χ0n) is 12.3. The molecule has 19 heavy (non-hydrogen) atoms. The molecule has 2 nitrogen and oxygen atoms in total. The van der Waals surface area contributed by atoms with Crippen LogP contribution in [0.1, 0.15) is 25.8 Å². The topological polar surface area (TPSA) is 29.3 Å². The standard InChI is InChI=1S/C15H25FN2S/c1-5-13(10-19-4)18(3)15-12(9-11(2)17)7-6-8-14(15)16/h6-8,11,13H,5,9-10,17H2,1-4H3. The zero-order valence-corrected chi connectivity index (χ0v) is 13.1. The molecule has 2 N–H and O–H groups in total. The second-order valence-corrected chi connectivity index (χ2v) is 5.97. The van der Waals surface area contributed by atoms with Gasteiger partial charge in [0.1, 0.15) is 5.82 Å². The molecule has 0 aromatic heterocycles. The molecule has 1 aromatic carbocycles. The number of hydrogen-bond acceptors (Lipinski definition) is 3. The third-order valence-electron chi connectivity index (χ3n) is 3.34. The molecule has 0 saturated heterocycles. The predicted molar refractivity (Wildman–Crippen MR) is 84.6 cm³/mol. The summed E-state index contributed by atoms with van der Waals surface area (Å²) in [6, 6.07) is 5.65. The molecular weight excluding hydrogens is 259 g/mol. The SMILES string of the molecule is CCC(CSC)N(C)c1c(F)cccc1CC(C)N. The van der Waals surface area contributed by atoms with Crippen molar-refractivity contribution in [1.29, 1.82) is 0 Å². The first kappa shape index (κ1) is 16.3. The summed E-state index contributed by atoms with van der Waals surface area (Å²) in [7, 11) is 1.98. The van der Waals surface area contributed by atoms with E-state index in [0.717, 1.165) is 17.7 Å². The summed E-state index contributed by atoms with van der Waals surface area (Å²) in [5.41, 5.74) is 7.57. The van der Waals surface area contributed by atoms with Crippen LogP contribution in [-0.2, 0) is 6.42 Å². The van der Waals surface area contributed by atoms with Gasteiger partial charge in [0.25, 0.3) is 0 Å². The number of anilines is 1. The van der Waals surface area contributed by atoms with Crippen LogP contribution in [0.3, 0.4) is 0 Å². The highest BCUT2D eigenvalue weighted by Gasteiger charge is 2.19. The second-order valence-electron chi connectivity index (χ2n) is 5.06. The third kappa shape index (κ3) is 4.39. The first-order valence-corrected chi connectivity index (χ1v) is 8.15. The van der Waals surface area contributed by atoms with Gasteiger partial charge in [0.05, 0.1) is 5.69 Å². The molecule has 0 radical (unpaired) electrons. The van der Waals surface area contributed by atoms with E-state index in [1.54, 1.807) is 17.8 Å². The van der Waals surface area contributed by atoms with Crippen LogP contribution in [0.25, 0.3) is 0 Å². The average Bonchev–Trinajstić information content (AvgIpc) is 2.34. The smallest absolute Gasteiger partial charge is 0.146 e. The van der Waals surface area contributed by atoms with Crippen molar-refractivity contribution in [3.63, 3.8) is 0 Å². The van der Waals surface area contributed by atoms with E-state index < -0.39 is 0 Å². The fourth-order valence-corrected chi connectivity index (χ4v) is 3.19. The Labute approximate surface area is 120 Å². The van der Waals surface area contributed by atoms with E-state index in [2.05, 4.69) is 18.1 Å². The van der Waals surface area contributed by atoms with Crippen molar-refractivity contribution < 1.29 is 4.39 Å². The minimum atomic E-state index is -0.153. The summed E-state index contributed by atoms with van der Waals surface area (Å²) in [5, 5.41) is 0. The normalized spacial score (nSPS) is 14.2. The molecule has 1 aromatic rings. The van der Waals surface area contributed by atoms with Gasteiger partial charge in [-0.25, -0.2) is 4.39 Å². The van der Waals surface area contributed by atoms with Crippen LogP contribution in [0.2, 0.25) is 0 Å². The Morgan fingerprint density at radius 2 is 2.11 bits per heavy atom. The number of thioether (sulfide) groups is 1. The van der Waals surface area contributed by atoms with Gasteiger partial charge < -0.3 is 10.6 Å². The Morgan fingerprint density at radius 3 is 2.63 bits per heavy atom. The van der Waals surface area contributed by atoms with Crippen LogP contribution < -0.4 is 10.6 Å². The molecule has 0 aliphatic heterocycles. The van der Waals surface area contributed by atoms with E-state index in [-0.39, 0.29) is 11.9 Å². The van der Waals surface area contributed by atoms with Crippen LogP contribution >= 0.6 is 11.8 Å². The van der Waals surface area contributed by atoms with Gasteiger partial charge in [0.2, 0.25) is 0 Å². The first-order valence-electron chi connectivity index (χ1n) is 6.76. The molecule has 4 heteroatoms. The Balaban J connectivity index is 3.08. The van der Waals surface area contributed by atoms with Crippen molar-refractivity contribution in [3.05, 3.63) is 29.6 Å². The molecule has 0 bridgehead atoms. The van der Waals surface area contributed by atoms with Gasteiger partial charge in [0, 0.05) is 24.9 Å². The van der Waals surface area contributed by atoms with Gasteiger partial charge in [-0.3, -0.25) is 0 Å². The van der Waals surface area contributed by atoms with Gasteiger partial charge in [-0.05, 0) is 37.7 Å². The average molecular weight is 284 g/mol. The van der Waals surface area contributed by atoms with Crippen LogP contribution in [0.4, 0.5) is 10.1 Å². The molecule has 0 spiro atoms. The lowest BCUT2D eigenvalue weighted by Crippen LogP contribution is -2.35. The maximum absolute atomic E-state index is 14.2. The monoisotopic (exact) mass is 284 g/mol. The molecular formula is C15H25FN2S. The fraction of sp³-hybridized carbons (Fsp3) is 0.600. The summed E-state index contributed by atoms with van der Waals surface area (Å²) in [6.07, 6.45) is 3.79. The zero-order chi connectivity index (χ0) is 14.4. The number of hydrogen-bond donors (Lipinski definition) is 1. The molecule has 0 saturated carbocycles. The quantitative estimate of drug-likeness (QED) is 0.833. The molecule has 108 valence electrons. The van der Waals surface area contributed by atoms with Gasteiger partial charge in [-0.2, -0.15) is 11.8 Å². The molecule has 0 aliphatic rings. The number of benzene rings is 1. The third-order valence-corrected chi connectivity index (χ3v) is 4.06. The largest absolute Gasteiger partial charge is 0.368 e. The molecule has 2 unspecified atom stereocenters. The summed E-state index contributed by atoms with van der Waals surface area (Å²) >= 11 is 1.79. The first-order chi connectivity index (χ1) is 9.01. The van der Waals surface area contributed by atoms with E-state index in [4.69, 9.17) is 5.73 Å². The highest BCUT2D eigenvalue weighted by atomic mass is 32.2. The van der Waals surface area contributed by atoms with Crippen LogP contribution in [0, 0.1) is 5.82 Å². The number of para-hydroxylation sites is 1. The fourth-order valence-electron chi connectivity index (χ4n) is 2.35. The lowest BCUT2D eigenvalue weighted by Gasteiger charge is -2.31. The van der Waals surface area contributed by atoms with E-state index in [0.29, 0.717) is 18.2 Å². The van der Waals surface area contributed by atoms with E-state index in [1.165, 1.54) is 6.07 Å². The van der Waals surface area contributed by atoms with Crippen molar-refractivity contribution in [2.75, 3.05) is 24.0 Å². The van der Waals surface area contributed by atoms with Crippen LogP contribution in [0.5, 0.6) is 0 Å².